The van der Waals surface area contributed by atoms with E-state index in [9.17, 15) is 9.59 Å². The molecule has 24 heavy (non-hydrogen) atoms. The second kappa shape index (κ2) is 6.35. The Bertz CT molecular complexity index is 814. The predicted octanol–water partition coefficient (Wildman–Crippen LogP) is 2.59. The van der Waals surface area contributed by atoms with Crippen LogP contribution in [0, 0.1) is 13.8 Å². The lowest BCUT2D eigenvalue weighted by Gasteiger charge is -2.26. The number of ether oxygens (including phenoxy) is 1. The summed E-state index contributed by atoms with van der Waals surface area (Å²) in [6.45, 7) is 4.46. The highest BCUT2D eigenvalue weighted by atomic mass is 16.5. The summed E-state index contributed by atoms with van der Waals surface area (Å²) in [5, 5.41) is 2.91. The van der Waals surface area contributed by atoms with Gasteiger partial charge in [0.25, 0.3) is 11.8 Å². The van der Waals surface area contributed by atoms with E-state index in [0.717, 1.165) is 22.4 Å². The molecule has 1 N–H and O–H groups in total. The van der Waals surface area contributed by atoms with Crippen molar-refractivity contribution < 1.29 is 14.3 Å². The molecule has 1 aliphatic heterocycles. The summed E-state index contributed by atoms with van der Waals surface area (Å²) in [6.07, 6.45) is 0. The average molecular weight is 324 g/mol. The molecule has 0 aromatic heterocycles. The van der Waals surface area contributed by atoms with Crippen LogP contribution >= 0.6 is 0 Å². The van der Waals surface area contributed by atoms with E-state index in [4.69, 9.17) is 4.74 Å². The molecule has 5 nitrogen and oxygen atoms in total. The SMILES string of the molecule is Cc1ccc(C(=O)NCc2ccc3c(c2)N(C)C(=O)CO3)cc1C. The molecular formula is C19H20N2O3. The Balaban J connectivity index is 1.72. The van der Waals surface area contributed by atoms with Gasteiger partial charge in [0.1, 0.15) is 5.75 Å². The number of fused-ring (bicyclic) bond motifs is 1. The molecule has 2 aromatic carbocycles. The summed E-state index contributed by atoms with van der Waals surface area (Å²) in [7, 11) is 1.72. The van der Waals surface area contributed by atoms with E-state index in [1.54, 1.807) is 11.9 Å². The van der Waals surface area contributed by atoms with E-state index >= 15 is 0 Å². The second-order valence-corrected chi connectivity index (χ2v) is 6.03. The molecule has 2 aromatic rings. The lowest BCUT2D eigenvalue weighted by molar-refractivity contribution is -0.120. The van der Waals surface area contributed by atoms with E-state index < -0.39 is 0 Å². The maximum absolute atomic E-state index is 12.3. The fourth-order valence-electron chi connectivity index (χ4n) is 2.59. The van der Waals surface area contributed by atoms with Gasteiger partial charge in [0.15, 0.2) is 6.61 Å². The topological polar surface area (TPSA) is 58.6 Å². The van der Waals surface area contributed by atoms with Gasteiger partial charge in [-0.05, 0) is 54.8 Å². The number of benzene rings is 2. The van der Waals surface area contributed by atoms with Crippen molar-refractivity contribution >= 4 is 17.5 Å². The van der Waals surface area contributed by atoms with Crippen LogP contribution in [0.15, 0.2) is 36.4 Å². The van der Waals surface area contributed by atoms with Crippen molar-refractivity contribution in [3.05, 3.63) is 58.7 Å². The second-order valence-electron chi connectivity index (χ2n) is 6.03. The molecule has 5 heteroatoms. The van der Waals surface area contributed by atoms with Crippen LogP contribution in [0.25, 0.3) is 0 Å². The minimum atomic E-state index is -0.114. The van der Waals surface area contributed by atoms with Gasteiger partial charge in [-0.3, -0.25) is 9.59 Å². The zero-order valence-electron chi connectivity index (χ0n) is 14.1. The number of rotatable bonds is 3. The first-order chi connectivity index (χ1) is 11.5. The largest absolute Gasteiger partial charge is 0.482 e. The molecule has 0 radical (unpaired) electrons. The van der Waals surface area contributed by atoms with Crippen molar-refractivity contribution in [3.8, 4) is 5.75 Å². The lowest BCUT2D eigenvalue weighted by atomic mass is 10.1. The van der Waals surface area contributed by atoms with Crippen LogP contribution in [-0.4, -0.2) is 25.5 Å². The number of anilines is 1. The molecule has 3 rings (SSSR count). The van der Waals surface area contributed by atoms with E-state index in [2.05, 4.69) is 5.32 Å². The molecule has 2 amide bonds. The highest BCUT2D eigenvalue weighted by Gasteiger charge is 2.22. The summed E-state index contributed by atoms with van der Waals surface area (Å²) in [4.78, 5) is 25.6. The summed E-state index contributed by atoms with van der Waals surface area (Å²) < 4.78 is 5.40. The highest BCUT2D eigenvalue weighted by Crippen LogP contribution is 2.31. The minimum absolute atomic E-state index is 0.0619. The number of hydrogen-bond acceptors (Lipinski definition) is 3. The molecule has 0 bridgehead atoms. The number of hydrogen-bond donors (Lipinski definition) is 1. The van der Waals surface area contributed by atoms with Gasteiger partial charge in [0.05, 0.1) is 5.69 Å². The van der Waals surface area contributed by atoms with Crippen LogP contribution in [0.4, 0.5) is 5.69 Å². The van der Waals surface area contributed by atoms with Gasteiger partial charge in [-0.15, -0.1) is 0 Å². The van der Waals surface area contributed by atoms with Crippen LogP contribution in [0.3, 0.4) is 0 Å². The fourth-order valence-corrected chi connectivity index (χ4v) is 2.59. The number of nitrogens with zero attached hydrogens (tertiary/aromatic N) is 1. The van der Waals surface area contributed by atoms with Gasteiger partial charge in [-0.2, -0.15) is 0 Å². The summed E-state index contributed by atoms with van der Waals surface area (Å²) in [5.74, 6) is 0.483. The first kappa shape index (κ1) is 16.1. The van der Waals surface area contributed by atoms with Gasteiger partial charge in [0.2, 0.25) is 0 Å². The number of carbonyl (C=O) groups is 2. The Kier molecular flexibility index (Phi) is 4.25. The van der Waals surface area contributed by atoms with Crippen LogP contribution < -0.4 is 15.0 Å². The number of nitrogens with one attached hydrogen (secondary N) is 1. The van der Waals surface area contributed by atoms with E-state index in [1.807, 2.05) is 50.2 Å². The zero-order valence-corrected chi connectivity index (χ0v) is 14.1. The predicted molar refractivity (Wildman–Crippen MR) is 92.4 cm³/mol. The molecule has 0 aliphatic carbocycles. The zero-order chi connectivity index (χ0) is 17.3. The summed E-state index contributed by atoms with van der Waals surface area (Å²) >= 11 is 0. The average Bonchev–Trinajstić information content (AvgIpc) is 2.58. The maximum Gasteiger partial charge on any atom is 0.264 e. The van der Waals surface area contributed by atoms with Crippen LogP contribution in [-0.2, 0) is 11.3 Å². The Hall–Kier alpha value is -2.82. The standard InChI is InChI=1S/C19H20N2O3/c1-12-4-6-15(8-13(12)2)19(23)20-10-14-5-7-17-16(9-14)21(3)18(22)11-24-17/h4-9H,10-11H2,1-3H3,(H,20,23). The molecule has 0 fully saturated rings. The van der Waals surface area contributed by atoms with E-state index in [-0.39, 0.29) is 18.4 Å². The highest BCUT2D eigenvalue weighted by molar-refractivity contribution is 5.97. The van der Waals surface area contributed by atoms with E-state index in [1.165, 1.54) is 0 Å². The fraction of sp³-hybridized carbons (Fsp3) is 0.263. The quantitative estimate of drug-likeness (QED) is 0.944. The first-order valence-corrected chi connectivity index (χ1v) is 7.83. The summed E-state index contributed by atoms with van der Waals surface area (Å²) in [6, 6.07) is 11.2. The van der Waals surface area contributed by atoms with Crippen molar-refractivity contribution in [2.45, 2.75) is 20.4 Å². The monoisotopic (exact) mass is 324 g/mol. The minimum Gasteiger partial charge on any atom is -0.482 e. The Morgan fingerprint density at radius 3 is 2.71 bits per heavy atom. The first-order valence-electron chi connectivity index (χ1n) is 7.83. The Labute approximate surface area is 141 Å². The third-order valence-corrected chi connectivity index (χ3v) is 4.33. The van der Waals surface area contributed by atoms with Gasteiger partial charge in [-0.25, -0.2) is 0 Å². The van der Waals surface area contributed by atoms with Crippen molar-refractivity contribution in [1.82, 2.24) is 5.32 Å². The number of carbonyl (C=O) groups excluding carboxylic acids is 2. The van der Waals surface area contributed by atoms with Gasteiger partial charge >= 0.3 is 0 Å². The molecule has 0 unspecified atom stereocenters. The molecule has 124 valence electrons. The van der Waals surface area contributed by atoms with Crippen LogP contribution in [0.1, 0.15) is 27.0 Å². The molecule has 0 saturated carbocycles. The van der Waals surface area contributed by atoms with E-state index in [0.29, 0.717) is 17.9 Å². The molecule has 1 aliphatic rings. The Morgan fingerprint density at radius 1 is 1.17 bits per heavy atom. The number of amides is 2. The third-order valence-electron chi connectivity index (χ3n) is 4.33. The van der Waals surface area contributed by atoms with Crippen molar-refractivity contribution in [1.29, 1.82) is 0 Å². The smallest absolute Gasteiger partial charge is 0.264 e. The number of aryl methyl sites for hydroxylation is 2. The molecular weight excluding hydrogens is 304 g/mol. The molecule has 0 saturated heterocycles. The molecule has 0 spiro atoms. The van der Waals surface area contributed by atoms with Crippen molar-refractivity contribution in [2.24, 2.45) is 0 Å². The van der Waals surface area contributed by atoms with Crippen LogP contribution in [0.2, 0.25) is 0 Å². The Morgan fingerprint density at radius 2 is 1.96 bits per heavy atom. The molecule has 1 heterocycles. The maximum atomic E-state index is 12.3. The summed E-state index contributed by atoms with van der Waals surface area (Å²) in [5.41, 5.74) is 4.54. The van der Waals surface area contributed by atoms with Crippen LogP contribution in [0.5, 0.6) is 5.75 Å². The third kappa shape index (κ3) is 3.11. The normalized spacial score (nSPS) is 13.3. The molecule has 0 atom stereocenters. The van der Waals surface area contributed by atoms with Gasteiger partial charge in [-0.1, -0.05) is 12.1 Å². The number of likely N-dealkylation sites (N-methyl/N-ethyl adjacent to an activating group) is 1. The van der Waals surface area contributed by atoms with Gasteiger partial charge in [0, 0.05) is 19.2 Å². The van der Waals surface area contributed by atoms with Crippen molar-refractivity contribution in [3.63, 3.8) is 0 Å². The van der Waals surface area contributed by atoms with Gasteiger partial charge < -0.3 is 15.0 Å². The lowest BCUT2D eigenvalue weighted by Crippen LogP contribution is -2.35. The van der Waals surface area contributed by atoms with Crippen molar-refractivity contribution in [2.75, 3.05) is 18.6 Å².